The molecule has 2 atom stereocenters. The Bertz CT molecular complexity index is 588. The minimum Gasteiger partial charge on any atom is -0.364 e. The van der Waals surface area contributed by atoms with Gasteiger partial charge in [-0.25, -0.2) is 0 Å². The Morgan fingerprint density at radius 2 is 1.95 bits per heavy atom. The van der Waals surface area contributed by atoms with Crippen molar-refractivity contribution in [2.75, 3.05) is 11.9 Å². The maximum Gasteiger partial charge on any atom is 0.266 e. The Kier molecular flexibility index (Phi) is 2.98. The smallest absolute Gasteiger partial charge is 0.266 e. The lowest BCUT2D eigenvalue weighted by molar-refractivity contribution is -0.115. The zero-order chi connectivity index (χ0) is 14.3. The van der Waals surface area contributed by atoms with Crippen LogP contribution in [0.5, 0.6) is 0 Å². The van der Waals surface area contributed by atoms with E-state index in [4.69, 9.17) is 18.0 Å². The van der Waals surface area contributed by atoms with Crippen molar-refractivity contribution in [3.8, 4) is 0 Å². The molecular formula is C13H15N5OS. The maximum atomic E-state index is 11.4. The number of nitrogens with two attached hydrogens (primary N) is 1. The number of primary amides is 1. The van der Waals surface area contributed by atoms with Gasteiger partial charge in [-0.3, -0.25) is 9.69 Å². The molecule has 0 aromatic heterocycles. The van der Waals surface area contributed by atoms with Gasteiger partial charge >= 0.3 is 0 Å². The molecule has 2 heterocycles. The molecule has 20 heavy (non-hydrogen) atoms. The zero-order valence-corrected chi connectivity index (χ0v) is 11.7. The van der Waals surface area contributed by atoms with Gasteiger partial charge in [0.2, 0.25) is 0 Å². The fourth-order valence-electron chi connectivity index (χ4n) is 2.49. The predicted molar refractivity (Wildman–Crippen MR) is 80.4 cm³/mol. The summed E-state index contributed by atoms with van der Waals surface area (Å²) in [6.07, 6.45) is 1.46. The van der Waals surface area contributed by atoms with Crippen molar-refractivity contribution in [1.29, 1.82) is 0 Å². The fraction of sp³-hybridized carbons (Fsp3) is 0.231. The highest BCUT2D eigenvalue weighted by molar-refractivity contribution is 7.80. The molecule has 0 radical (unpaired) electrons. The Morgan fingerprint density at radius 3 is 2.60 bits per heavy atom. The number of carbonyl (C=O) groups excluding carboxylic acids is 1. The van der Waals surface area contributed by atoms with Crippen molar-refractivity contribution in [3.63, 3.8) is 0 Å². The van der Waals surface area contributed by atoms with E-state index in [1.807, 2.05) is 47.2 Å². The number of likely N-dealkylation sites (N-methyl/N-ethyl adjacent to an activating group) is 1. The summed E-state index contributed by atoms with van der Waals surface area (Å²) in [5.74, 6) is -0.485. The number of thiocarbonyl (C=S) groups is 1. The van der Waals surface area contributed by atoms with Gasteiger partial charge in [-0.2, -0.15) is 0 Å². The lowest BCUT2D eigenvalue weighted by atomic mass is 10.2. The first-order chi connectivity index (χ1) is 9.58. The molecule has 1 saturated heterocycles. The van der Waals surface area contributed by atoms with Crippen LogP contribution in [0.25, 0.3) is 0 Å². The van der Waals surface area contributed by atoms with E-state index in [1.54, 1.807) is 6.20 Å². The maximum absolute atomic E-state index is 11.4. The fourth-order valence-corrected chi connectivity index (χ4v) is 2.83. The SMILES string of the molecule is CN1C=C(C(N)=O)N[C@H]2[C@@H]1NC(=S)N2c1ccccc1. The third-order valence-corrected chi connectivity index (χ3v) is 3.76. The molecule has 3 rings (SSSR count). The number of rotatable bonds is 2. The summed E-state index contributed by atoms with van der Waals surface area (Å²) in [5, 5.41) is 7.00. The molecule has 4 N–H and O–H groups in total. The van der Waals surface area contributed by atoms with Gasteiger partial charge in [0, 0.05) is 18.9 Å². The van der Waals surface area contributed by atoms with Gasteiger partial charge in [0.25, 0.3) is 5.91 Å². The van der Waals surface area contributed by atoms with Gasteiger partial charge in [-0.05, 0) is 24.4 Å². The highest BCUT2D eigenvalue weighted by atomic mass is 32.1. The van der Waals surface area contributed by atoms with Crippen molar-refractivity contribution in [1.82, 2.24) is 15.5 Å². The zero-order valence-electron chi connectivity index (χ0n) is 10.9. The minimum absolute atomic E-state index is 0.0502. The standard InChI is InChI=1S/C13H15N5OS/c1-17-7-9(10(14)19)15-12-11(17)16-13(20)18(12)8-5-3-2-4-6-8/h2-7,11-12,15H,1H3,(H2,14,19)(H,16,20)/t11-,12-/m1/s1. The van der Waals surface area contributed by atoms with Gasteiger partial charge < -0.3 is 21.3 Å². The van der Waals surface area contributed by atoms with Crippen LogP contribution in [-0.2, 0) is 4.79 Å². The molecule has 2 aliphatic rings. The summed E-state index contributed by atoms with van der Waals surface area (Å²) in [6, 6.07) is 9.79. The first kappa shape index (κ1) is 12.7. The lowest BCUT2D eigenvalue weighted by Crippen LogP contribution is -2.57. The molecule has 0 aliphatic carbocycles. The van der Waals surface area contributed by atoms with Crippen LogP contribution in [0.3, 0.4) is 0 Å². The van der Waals surface area contributed by atoms with Crippen molar-refractivity contribution in [2.45, 2.75) is 12.3 Å². The molecule has 104 valence electrons. The molecule has 2 aliphatic heterocycles. The van der Waals surface area contributed by atoms with Crippen LogP contribution in [-0.4, -0.2) is 35.3 Å². The number of benzene rings is 1. The van der Waals surface area contributed by atoms with Crippen LogP contribution in [0.4, 0.5) is 5.69 Å². The Hall–Kier alpha value is -2.28. The Balaban J connectivity index is 1.96. The van der Waals surface area contributed by atoms with Crippen LogP contribution in [0.2, 0.25) is 0 Å². The normalized spacial score (nSPS) is 24.6. The van der Waals surface area contributed by atoms with E-state index < -0.39 is 5.91 Å². The summed E-state index contributed by atoms with van der Waals surface area (Å²) in [6.45, 7) is 0. The Labute approximate surface area is 122 Å². The van der Waals surface area contributed by atoms with Gasteiger partial charge in [0.05, 0.1) is 0 Å². The summed E-state index contributed by atoms with van der Waals surface area (Å²) >= 11 is 5.40. The minimum atomic E-state index is -0.485. The Morgan fingerprint density at radius 1 is 1.25 bits per heavy atom. The number of nitrogens with zero attached hydrogens (tertiary/aromatic N) is 2. The number of amides is 1. The number of carbonyl (C=O) groups is 1. The van der Waals surface area contributed by atoms with E-state index >= 15 is 0 Å². The third kappa shape index (κ3) is 1.96. The molecule has 0 unspecified atom stereocenters. The molecule has 1 aromatic rings. The number of hydrogen-bond donors (Lipinski definition) is 3. The molecular weight excluding hydrogens is 274 g/mol. The largest absolute Gasteiger partial charge is 0.364 e. The molecule has 0 saturated carbocycles. The second-order valence-corrected chi connectivity index (χ2v) is 5.15. The van der Waals surface area contributed by atoms with Crippen molar-refractivity contribution >= 4 is 28.9 Å². The van der Waals surface area contributed by atoms with E-state index in [-0.39, 0.29) is 12.3 Å². The monoisotopic (exact) mass is 289 g/mol. The number of para-hydroxylation sites is 1. The molecule has 1 fully saturated rings. The third-order valence-electron chi connectivity index (χ3n) is 3.44. The van der Waals surface area contributed by atoms with Gasteiger partial charge in [0.15, 0.2) is 5.11 Å². The number of fused-ring (bicyclic) bond motifs is 1. The molecule has 6 nitrogen and oxygen atoms in total. The average molecular weight is 289 g/mol. The van der Waals surface area contributed by atoms with Gasteiger partial charge in [-0.1, -0.05) is 18.2 Å². The van der Waals surface area contributed by atoms with Crippen LogP contribution >= 0.6 is 12.2 Å². The van der Waals surface area contributed by atoms with Crippen molar-refractivity contribution < 1.29 is 4.79 Å². The summed E-state index contributed by atoms with van der Waals surface area (Å²) < 4.78 is 0. The molecule has 0 bridgehead atoms. The molecule has 7 heteroatoms. The van der Waals surface area contributed by atoms with Crippen molar-refractivity contribution in [3.05, 3.63) is 42.2 Å². The highest BCUT2D eigenvalue weighted by Gasteiger charge is 2.42. The van der Waals surface area contributed by atoms with Crippen LogP contribution < -0.4 is 21.3 Å². The van der Waals surface area contributed by atoms with E-state index in [0.29, 0.717) is 10.8 Å². The number of hydrogen-bond acceptors (Lipinski definition) is 4. The average Bonchev–Trinajstić information content (AvgIpc) is 2.76. The van der Waals surface area contributed by atoms with E-state index in [9.17, 15) is 4.79 Å². The van der Waals surface area contributed by atoms with Crippen LogP contribution in [0.15, 0.2) is 42.2 Å². The molecule has 1 aromatic carbocycles. The second-order valence-electron chi connectivity index (χ2n) is 4.76. The predicted octanol–water partition coefficient (Wildman–Crippen LogP) is -0.105. The lowest BCUT2D eigenvalue weighted by Gasteiger charge is -2.37. The summed E-state index contributed by atoms with van der Waals surface area (Å²) in [4.78, 5) is 15.3. The van der Waals surface area contributed by atoms with E-state index in [2.05, 4.69) is 10.6 Å². The van der Waals surface area contributed by atoms with E-state index in [0.717, 1.165) is 5.69 Å². The first-order valence-corrected chi connectivity index (χ1v) is 6.63. The summed E-state index contributed by atoms with van der Waals surface area (Å²) in [5.41, 5.74) is 6.70. The molecule has 1 amide bonds. The summed E-state index contributed by atoms with van der Waals surface area (Å²) in [7, 11) is 1.88. The first-order valence-electron chi connectivity index (χ1n) is 6.23. The quantitative estimate of drug-likeness (QED) is 0.660. The van der Waals surface area contributed by atoms with E-state index in [1.165, 1.54) is 0 Å². The number of nitrogens with one attached hydrogen (secondary N) is 2. The van der Waals surface area contributed by atoms with Gasteiger partial charge in [-0.15, -0.1) is 0 Å². The van der Waals surface area contributed by atoms with Crippen molar-refractivity contribution in [2.24, 2.45) is 5.73 Å². The van der Waals surface area contributed by atoms with Crippen LogP contribution in [0, 0.1) is 0 Å². The van der Waals surface area contributed by atoms with Gasteiger partial charge in [0.1, 0.15) is 18.0 Å². The second kappa shape index (κ2) is 4.68. The topological polar surface area (TPSA) is 73.6 Å². The van der Waals surface area contributed by atoms with Crippen LogP contribution in [0.1, 0.15) is 0 Å². The highest BCUT2D eigenvalue weighted by Crippen LogP contribution is 2.26. The number of anilines is 1. The molecule has 0 spiro atoms.